The molecular formula is C22H23IN2O. The molecule has 0 spiro atoms. The lowest BCUT2D eigenvalue weighted by Crippen LogP contribution is -2.26. The summed E-state index contributed by atoms with van der Waals surface area (Å²) in [7, 11) is 2.22. The number of rotatable bonds is 5. The number of nitrogens with one attached hydrogen (secondary N) is 1. The summed E-state index contributed by atoms with van der Waals surface area (Å²) in [6, 6.07) is 14.8. The number of H-pyrrole nitrogens is 1. The van der Waals surface area contributed by atoms with E-state index in [2.05, 4.69) is 63.9 Å². The second-order valence-electron chi connectivity index (χ2n) is 7.28. The van der Waals surface area contributed by atoms with Crippen molar-refractivity contribution >= 4 is 39.3 Å². The van der Waals surface area contributed by atoms with Crippen molar-refractivity contribution in [1.82, 2.24) is 9.88 Å². The number of fused-ring (bicyclic) bond motifs is 1. The first-order chi connectivity index (χ1) is 12.6. The van der Waals surface area contributed by atoms with E-state index in [4.69, 9.17) is 0 Å². The molecule has 0 aliphatic carbocycles. The lowest BCUT2D eigenvalue weighted by Gasteiger charge is -2.18. The molecule has 0 saturated carbocycles. The van der Waals surface area contributed by atoms with Gasteiger partial charge in [-0.3, -0.25) is 4.79 Å². The highest BCUT2D eigenvalue weighted by Crippen LogP contribution is 2.26. The van der Waals surface area contributed by atoms with Crippen LogP contribution in [0.25, 0.3) is 10.9 Å². The zero-order valence-electron chi connectivity index (χ0n) is 15.0. The van der Waals surface area contributed by atoms with Crippen LogP contribution in [-0.2, 0) is 12.8 Å². The maximum Gasteiger partial charge on any atom is 0.167 e. The largest absolute Gasteiger partial charge is 0.361 e. The van der Waals surface area contributed by atoms with Crippen molar-refractivity contribution < 1.29 is 4.79 Å². The lowest BCUT2D eigenvalue weighted by molar-refractivity contribution is 0.0993. The molecule has 2 heterocycles. The number of carbonyl (C=O) groups is 1. The molecule has 0 bridgehead atoms. The summed E-state index contributed by atoms with van der Waals surface area (Å²) in [6.45, 7) is 1.20. The zero-order chi connectivity index (χ0) is 18.1. The number of ketones is 1. The molecule has 0 radical (unpaired) electrons. The van der Waals surface area contributed by atoms with Crippen molar-refractivity contribution in [2.45, 2.75) is 31.7 Å². The molecule has 1 saturated heterocycles. The van der Waals surface area contributed by atoms with E-state index in [0.29, 0.717) is 12.5 Å². The number of carbonyl (C=O) groups excluding carboxylic acids is 1. The van der Waals surface area contributed by atoms with Crippen molar-refractivity contribution in [2.75, 3.05) is 13.6 Å². The minimum absolute atomic E-state index is 0.176. The molecule has 3 nitrogen and oxygen atoms in total. The van der Waals surface area contributed by atoms with Gasteiger partial charge >= 0.3 is 0 Å². The van der Waals surface area contributed by atoms with Gasteiger partial charge in [0.05, 0.1) is 0 Å². The number of hydrogen-bond donors (Lipinski definition) is 1. The molecule has 1 atom stereocenters. The van der Waals surface area contributed by atoms with Gasteiger partial charge in [-0.15, -0.1) is 0 Å². The van der Waals surface area contributed by atoms with Crippen LogP contribution in [0.3, 0.4) is 0 Å². The summed E-state index contributed by atoms with van der Waals surface area (Å²) in [5.74, 6) is 0.176. The zero-order valence-corrected chi connectivity index (χ0v) is 17.1. The fourth-order valence-corrected chi connectivity index (χ4v) is 4.49. The van der Waals surface area contributed by atoms with Gasteiger partial charge in [-0.25, -0.2) is 0 Å². The normalized spacial score (nSPS) is 17.8. The number of hydrogen-bond acceptors (Lipinski definition) is 2. The van der Waals surface area contributed by atoms with Gasteiger partial charge in [0.1, 0.15) is 0 Å². The molecule has 4 rings (SSSR count). The topological polar surface area (TPSA) is 36.1 Å². The van der Waals surface area contributed by atoms with Gasteiger partial charge in [-0.05, 0) is 90.8 Å². The highest BCUT2D eigenvalue weighted by Gasteiger charge is 2.22. The Morgan fingerprint density at radius 2 is 2.15 bits per heavy atom. The predicted molar refractivity (Wildman–Crippen MR) is 115 cm³/mol. The van der Waals surface area contributed by atoms with Crippen molar-refractivity contribution in [1.29, 1.82) is 0 Å². The lowest BCUT2D eigenvalue weighted by atomic mass is 9.99. The Balaban J connectivity index is 1.56. The van der Waals surface area contributed by atoms with E-state index < -0.39 is 0 Å². The molecule has 26 heavy (non-hydrogen) atoms. The molecule has 1 unspecified atom stereocenters. The van der Waals surface area contributed by atoms with Crippen molar-refractivity contribution in [3.05, 3.63) is 68.9 Å². The Morgan fingerprint density at radius 1 is 1.27 bits per heavy atom. The third-order valence-corrected chi connectivity index (χ3v) is 6.14. The molecule has 1 N–H and O–H groups in total. The summed E-state index contributed by atoms with van der Waals surface area (Å²) in [6.07, 6.45) is 6.23. The summed E-state index contributed by atoms with van der Waals surface area (Å²) in [5.41, 5.74) is 4.40. The molecule has 1 aliphatic heterocycles. The summed E-state index contributed by atoms with van der Waals surface area (Å²) >= 11 is 2.25. The smallest absolute Gasteiger partial charge is 0.167 e. The number of aromatic nitrogens is 1. The van der Waals surface area contributed by atoms with Gasteiger partial charge in [-0.2, -0.15) is 0 Å². The van der Waals surface area contributed by atoms with Gasteiger partial charge in [-0.1, -0.05) is 18.2 Å². The minimum Gasteiger partial charge on any atom is -0.361 e. The Kier molecular flexibility index (Phi) is 5.14. The van der Waals surface area contributed by atoms with Gasteiger partial charge < -0.3 is 9.88 Å². The van der Waals surface area contributed by atoms with Crippen LogP contribution >= 0.6 is 22.6 Å². The van der Waals surface area contributed by atoms with E-state index >= 15 is 0 Å². The van der Waals surface area contributed by atoms with Crippen LogP contribution in [0, 0.1) is 3.57 Å². The SMILES string of the molecule is CN1CCCC1Cc1c[nH]c2ccc(CC(=O)c3cccc(I)c3)cc12. The molecule has 1 aromatic heterocycles. The van der Waals surface area contributed by atoms with E-state index in [1.54, 1.807) is 0 Å². The number of likely N-dealkylation sites (N-methyl/N-ethyl adjacent to an activating group) is 1. The quantitative estimate of drug-likeness (QED) is 0.439. The van der Waals surface area contributed by atoms with E-state index in [9.17, 15) is 4.79 Å². The summed E-state index contributed by atoms with van der Waals surface area (Å²) in [5, 5.41) is 1.26. The van der Waals surface area contributed by atoms with Crippen LogP contribution in [0.1, 0.15) is 34.3 Å². The Hall–Kier alpha value is -1.66. The molecule has 134 valence electrons. The highest BCUT2D eigenvalue weighted by atomic mass is 127. The third-order valence-electron chi connectivity index (χ3n) is 5.47. The number of benzene rings is 2. The van der Waals surface area contributed by atoms with Crippen molar-refractivity contribution in [3.63, 3.8) is 0 Å². The second kappa shape index (κ2) is 7.53. The van der Waals surface area contributed by atoms with E-state index in [1.165, 1.54) is 30.3 Å². The van der Waals surface area contributed by atoms with Crippen LogP contribution in [0.5, 0.6) is 0 Å². The number of halogens is 1. The Morgan fingerprint density at radius 3 is 2.92 bits per heavy atom. The average molecular weight is 458 g/mol. The molecular weight excluding hydrogens is 435 g/mol. The number of aromatic amines is 1. The summed E-state index contributed by atoms with van der Waals surface area (Å²) < 4.78 is 1.09. The molecule has 4 heteroatoms. The number of nitrogens with zero attached hydrogens (tertiary/aromatic N) is 1. The molecule has 1 fully saturated rings. The van der Waals surface area contributed by atoms with Crippen LogP contribution < -0.4 is 0 Å². The fraction of sp³-hybridized carbons (Fsp3) is 0.318. The average Bonchev–Trinajstić information content (AvgIpc) is 3.22. The highest BCUT2D eigenvalue weighted by molar-refractivity contribution is 14.1. The van der Waals surface area contributed by atoms with E-state index in [1.807, 2.05) is 24.3 Å². The minimum atomic E-state index is 0.176. The first-order valence-corrected chi connectivity index (χ1v) is 10.3. The van der Waals surface area contributed by atoms with E-state index in [-0.39, 0.29) is 5.78 Å². The fourth-order valence-electron chi connectivity index (χ4n) is 3.94. The maximum atomic E-state index is 12.6. The van der Waals surface area contributed by atoms with Crippen LogP contribution in [0.15, 0.2) is 48.7 Å². The van der Waals surface area contributed by atoms with E-state index in [0.717, 1.165) is 26.6 Å². The number of likely N-dealkylation sites (tertiary alicyclic amines) is 1. The van der Waals surface area contributed by atoms with Crippen LogP contribution in [-0.4, -0.2) is 35.3 Å². The first kappa shape index (κ1) is 17.7. The van der Waals surface area contributed by atoms with Gasteiger partial charge in [0, 0.05) is 38.7 Å². The molecule has 2 aromatic carbocycles. The predicted octanol–water partition coefficient (Wildman–Crippen LogP) is 4.83. The monoisotopic (exact) mass is 458 g/mol. The Bertz CT molecular complexity index is 946. The van der Waals surface area contributed by atoms with Crippen LogP contribution in [0.4, 0.5) is 0 Å². The second-order valence-corrected chi connectivity index (χ2v) is 8.53. The third kappa shape index (κ3) is 3.71. The first-order valence-electron chi connectivity index (χ1n) is 9.18. The Labute approximate surface area is 167 Å². The molecule has 3 aromatic rings. The number of Topliss-reactive ketones (excluding diaryl/α,β-unsaturated/α-hetero) is 1. The van der Waals surface area contributed by atoms with Crippen LogP contribution in [0.2, 0.25) is 0 Å². The molecule has 0 amide bonds. The summed E-state index contributed by atoms with van der Waals surface area (Å²) in [4.78, 5) is 18.5. The van der Waals surface area contributed by atoms with Crippen molar-refractivity contribution in [3.8, 4) is 0 Å². The van der Waals surface area contributed by atoms with Gasteiger partial charge in [0.2, 0.25) is 0 Å². The maximum absolute atomic E-state index is 12.6. The standard InChI is InChI=1S/C22H23IN2O/c1-25-9-3-6-19(25)13-17-14-24-21-8-7-15(10-20(17)21)11-22(26)16-4-2-5-18(23)12-16/h2,4-5,7-8,10,12,14,19,24H,3,6,9,11,13H2,1H3. The van der Waals surface area contributed by atoms with Crippen molar-refractivity contribution in [2.24, 2.45) is 0 Å². The molecule has 1 aliphatic rings. The van der Waals surface area contributed by atoms with Gasteiger partial charge in [0.15, 0.2) is 5.78 Å². The van der Waals surface area contributed by atoms with Gasteiger partial charge in [0.25, 0.3) is 0 Å².